The standard InChI is InChI=1S/C22H25F2N3O4S/c23-17-1-4-19(5-2-17)32(29,30)27-9-7-16(8-10-27)22(28)25-18-3-6-21(20(24)15-18)26-11-13-31-14-12-26/h1-6,15-16H,7-14H2,(H,25,28). The first kappa shape index (κ1) is 22.6. The molecule has 4 rings (SSSR count). The molecule has 2 aliphatic rings. The van der Waals surface area contributed by atoms with Crippen molar-refractivity contribution in [3.63, 3.8) is 0 Å². The monoisotopic (exact) mass is 465 g/mol. The minimum absolute atomic E-state index is 0.0256. The van der Waals surface area contributed by atoms with Crippen molar-refractivity contribution in [3.05, 3.63) is 54.1 Å². The molecule has 2 aromatic carbocycles. The van der Waals surface area contributed by atoms with E-state index in [0.717, 1.165) is 12.1 Å². The summed E-state index contributed by atoms with van der Waals surface area (Å²) >= 11 is 0. The Morgan fingerprint density at radius 2 is 1.62 bits per heavy atom. The minimum atomic E-state index is -3.74. The van der Waals surface area contributed by atoms with Crippen LogP contribution in [0.3, 0.4) is 0 Å². The van der Waals surface area contributed by atoms with Crippen molar-refractivity contribution in [1.82, 2.24) is 4.31 Å². The van der Waals surface area contributed by atoms with Gasteiger partial charge in [-0.05, 0) is 55.3 Å². The largest absolute Gasteiger partial charge is 0.378 e. The topological polar surface area (TPSA) is 79.0 Å². The quantitative estimate of drug-likeness (QED) is 0.735. The van der Waals surface area contributed by atoms with Crippen LogP contribution in [-0.2, 0) is 19.6 Å². The summed E-state index contributed by atoms with van der Waals surface area (Å²) in [6.07, 6.45) is 0.696. The lowest BCUT2D eigenvalue weighted by molar-refractivity contribution is -0.120. The summed E-state index contributed by atoms with van der Waals surface area (Å²) in [5, 5.41) is 2.74. The van der Waals surface area contributed by atoms with Gasteiger partial charge in [-0.3, -0.25) is 4.79 Å². The van der Waals surface area contributed by atoms with E-state index in [0.29, 0.717) is 50.5 Å². The van der Waals surface area contributed by atoms with Crippen LogP contribution < -0.4 is 10.2 Å². The summed E-state index contributed by atoms with van der Waals surface area (Å²) in [6, 6.07) is 9.30. The van der Waals surface area contributed by atoms with E-state index in [1.165, 1.54) is 22.5 Å². The van der Waals surface area contributed by atoms with Crippen molar-refractivity contribution in [2.45, 2.75) is 17.7 Å². The number of amides is 1. The number of hydrogen-bond donors (Lipinski definition) is 1. The van der Waals surface area contributed by atoms with Gasteiger partial charge in [-0.25, -0.2) is 17.2 Å². The lowest BCUT2D eigenvalue weighted by atomic mass is 9.97. The van der Waals surface area contributed by atoms with Gasteiger partial charge >= 0.3 is 0 Å². The fourth-order valence-electron chi connectivity index (χ4n) is 4.00. The molecule has 0 unspecified atom stereocenters. The van der Waals surface area contributed by atoms with Crippen LogP contribution >= 0.6 is 0 Å². The molecule has 2 saturated heterocycles. The molecule has 0 saturated carbocycles. The van der Waals surface area contributed by atoms with Crippen molar-refractivity contribution in [2.75, 3.05) is 49.6 Å². The molecule has 0 spiro atoms. The number of nitrogens with zero attached hydrogens (tertiary/aromatic N) is 2. The van der Waals surface area contributed by atoms with Crippen LogP contribution in [0.2, 0.25) is 0 Å². The normalized spacial score (nSPS) is 18.5. The number of morpholine rings is 1. The van der Waals surface area contributed by atoms with Crippen LogP contribution in [0.4, 0.5) is 20.2 Å². The van der Waals surface area contributed by atoms with E-state index in [1.54, 1.807) is 12.1 Å². The molecule has 1 amide bonds. The van der Waals surface area contributed by atoms with Crippen LogP contribution in [-0.4, -0.2) is 58.0 Å². The third-order valence-corrected chi connectivity index (χ3v) is 7.76. The Hall–Kier alpha value is -2.56. The van der Waals surface area contributed by atoms with Crippen LogP contribution in [0.1, 0.15) is 12.8 Å². The predicted octanol–water partition coefficient (Wildman–Crippen LogP) is 2.84. The maximum absolute atomic E-state index is 14.6. The fraction of sp³-hybridized carbons (Fsp3) is 0.409. The number of rotatable bonds is 5. The zero-order chi connectivity index (χ0) is 22.7. The van der Waals surface area contributed by atoms with Gasteiger partial charge in [0.2, 0.25) is 15.9 Å². The van der Waals surface area contributed by atoms with E-state index in [1.807, 2.05) is 4.90 Å². The van der Waals surface area contributed by atoms with Crippen LogP contribution in [0.15, 0.2) is 47.4 Å². The fourth-order valence-corrected chi connectivity index (χ4v) is 5.47. The Bertz CT molecular complexity index is 1070. The number of halogens is 2. The maximum atomic E-state index is 14.6. The number of anilines is 2. The summed E-state index contributed by atoms with van der Waals surface area (Å²) < 4.78 is 59.7. The molecule has 2 aromatic rings. The minimum Gasteiger partial charge on any atom is -0.378 e. The SMILES string of the molecule is O=C(Nc1ccc(N2CCOCC2)c(F)c1)C1CCN(S(=O)(=O)c2ccc(F)cc2)CC1. The molecule has 0 aromatic heterocycles. The Kier molecular flexibility index (Phi) is 6.73. The first-order valence-electron chi connectivity index (χ1n) is 10.5. The van der Waals surface area contributed by atoms with Gasteiger partial charge in [0, 0.05) is 37.8 Å². The summed E-state index contributed by atoms with van der Waals surface area (Å²) in [6.45, 7) is 2.69. The highest BCUT2D eigenvalue weighted by molar-refractivity contribution is 7.89. The average molecular weight is 466 g/mol. The van der Waals surface area contributed by atoms with Gasteiger partial charge in [0.05, 0.1) is 23.8 Å². The molecular formula is C22H25F2N3O4S. The molecular weight excluding hydrogens is 440 g/mol. The Balaban J connectivity index is 1.34. The number of hydrogen-bond acceptors (Lipinski definition) is 5. The Labute approximate surface area is 186 Å². The van der Waals surface area contributed by atoms with E-state index in [2.05, 4.69) is 5.32 Å². The van der Waals surface area contributed by atoms with Crippen LogP contribution in [0, 0.1) is 17.6 Å². The number of carbonyl (C=O) groups is 1. The number of carbonyl (C=O) groups excluding carboxylic acids is 1. The third-order valence-electron chi connectivity index (χ3n) is 5.84. The molecule has 32 heavy (non-hydrogen) atoms. The summed E-state index contributed by atoms with van der Waals surface area (Å²) in [7, 11) is -3.74. The van der Waals surface area contributed by atoms with Gasteiger partial charge in [0.15, 0.2) is 0 Å². The molecule has 0 bridgehead atoms. The lowest BCUT2D eigenvalue weighted by Gasteiger charge is -2.31. The second-order valence-electron chi connectivity index (χ2n) is 7.89. The van der Waals surface area contributed by atoms with Crippen molar-refractivity contribution in [2.24, 2.45) is 5.92 Å². The lowest BCUT2D eigenvalue weighted by Crippen LogP contribution is -2.41. The summed E-state index contributed by atoms with van der Waals surface area (Å²) in [5.74, 6) is -1.56. The molecule has 0 aliphatic carbocycles. The average Bonchev–Trinajstić information content (AvgIpc) is 2.80. The molecule has 1 N–H and O–H groups in total. The zero-order valence-electron chi connectivity index (χ0n) is 17.5. The summed E-state index contributed by atoms with van der Waals surface area (Å²) in [5.41, 5.74) is 0.844. The zero-order valence-corrected chi connectivity index (χ0v) is 18.3. The molecule has 2 fully saturated rings. The smallest absolute Gasteiger partial charge is 0.243 e. The van der Waals surface area contributed by atoms with E-state index >= 15 is 0 Å². The van der Waals surface area contributed by atoms with Crippen molar-refractivity contribution in [3.8, 4) is 0 Å². The molecule has 7 nitrogen and oxygen atoms in total. The van der Waals surface area contributed by atoms with Crippen molar-refractivity contribution in [1.29, 1.82) is 0 Å². The number of ether oxygens (including phenoxy) is 1. The Morgan fingerprint density at radius 3 is 2.25 bits per heavy atom. The van der Waals surface area contributed by atoms with Crippen LogP contribution in [0.5, 0.6) is 0 Å². The summed E-state index contributed by atoms with van der Waals surface area (Å²) in [4.78, 5) is 14.6. The number of nitrogens with one attached hydrogen (secondary N) is 1. The maximum Gasteiger partial charge on any atom is 0.243 e. The highest BCUT2D eigenvalue weighted by Gasteiger charge is 2.32. The van der Waals surface area contributed by atoms with Gasteiger partial charge in [0.1, 0.15) is 11.6 Å². The van der Waals surface area contributed by atoms with Gasteiger partial charge in [-0.15, -0.1) is 0 Å². The first-order chi connectivity index (χ1) is 15.3. The van der Waals surface area contributed by atoms with Gasteiger partial charge < -0.3 is 15.0 Å². The third kappa shape index (κ3) is 4.92. The number of benzene rings is 2. The van der Waals surface area contributed by atoms with E-state index < -0.39 is 21.7 Å². The van der Waals surface area contributed by atoms with Crippen LogP contribution in [0.25, 0.3) is 0 Å². The second-order valence-corrected chi connectivity index (χ2v) is 9.83. The van der Waals surface area contributed by atoms with Crippen molar-refractivity contribution >= 4 is 27.3 Å². The van der Waals surface area contributed by atoms with Gasteiger partial charge in [0.25, 0.3) is 0 Å². The first-order valence-corrected chi connectivity index (χ1v) is 12.0. The molecule has 0 radical (unpaired) electrons. The van der Waals surface area contributed by atoms with E-state index in [-0.39, 0.29) is 29.8 Å². The molecule has 172 valence electrons. The molecule has 2 aliphatic heterocycles. The molecule has 2 heterocycles. The van der Waals surface area contributed by atoms with Crippen molar-refractivity contribution < 1.29 is 26.7 Å². The predicted molar refractivity (Wildman–Crippen MR) is 116 cm³/mol. The highest BCUT2D eigenvalue weighted by atomic mass is 32.2. The molecule has 0 atom stereocenters. The van der Waals surface area contributed by atoms with Gasteiger partial charge in [-0.2, -0.15) is 4.31 Å². The number of sulfonamides is 1. The van der Waals surface area contributed by atoms with Gasteiger partial charge in [-0.1, -0.05) is 0 Å². The second kappa shape index (κ2) is 9.51. The highest BCUT2D eigenvalue weighted by Crippen LogP contribution is 2.27. The van der Waals surface area contributed by atoms with E-state index in [9.17, 15) is 22.0 Å². The number of piperidine rings is 1. The molecule has 10 heteroatoms. The Morgan fingerprint density at radius 1 is 0.969 bits per heavy atom. The van der Waals surface area contributed by atoms with E-state index in [4.69, 9.17) is 4.74 Å².